The molecule has 0 heterocycles. The molecule has 0 spiro atoms. The fourth-order valence-corrected chi connectivity index (χ4v) is 3.39. The summed E-state index contributed by atoms with van der Waals surface area (Å²) in [5, 5.41) is 30.5. The Morgan fingerprint density at radius 1 is 1.24 bits per heavy atom. The van der Waals surface area contributed by atoms with Gasteiger partial charge in [0.2, 0.25) is 0 Å². The van der Waals surface area contributed by atoms with Gasteiger partial charge in [-0.2, -0.15) is 5.26 Å². The number of carbonyl (C=O) groups excluding carboxylic acids is 2. The van der Waals surface area contributed by atoms with E-state index in [9.17, 15) is 14.7 Å². The Labute approximate surface area is 199 Å². The van der Waals surface area contributed by atoms with Gasteiger partial charge in [-0.3, -0.25) is 15.3 Å². The van der Waals surface area contributed by atoms with Gasteiger partial charge in [0.15, 0.2) is 6.10 Å². The van der Waals surface area contributed by atoms with Gasteiger partial charge < -0.3 is 14.6 Å². The Kier molecular flexibility index (Phi) is 10.4. The largest absolute Gasteiger partial charge is 0.508 e. The number of anilines is 1. The van der Waals surface area contributed by atoms with Gasteiger partial charge in [-0.15, -0.1) is 0 Å². The van der Waals surface area contributed by atoms with Crippen LogP contribution in [0.4, 0.5) is 10.5 Å². The number of aromatic hydroxyl groups is 1. The molecule has 0 aliphatic rings. The molecule has 2 aromatic rings. The lowest BCUT2D eigenvalue weighted by Crippen LogP contribution is -2.29. The third-order valence-corrected chi connectivity index (χ3v) is 5.00. The first-order valence-corrected chi connectivity index (χ1v) is 10.9. The van der Waals surface area contributed by atoms with Crippen molar-refractivity contribution in [2.75, 3.05) is 11.9 Å². The maximum Gasteiger partial charge on any atom is 0.412 e. The monoisotopic (exact) mass is 517 g/mol. The number of nitrogens with zero attached hydrogens (tertiary/aromatic N) is 1. The molecule has 0 radical (unpaired) electrons. The van der Waals surface area contributed by atoms with Crippen molar-refractivity contribution in [3.63, 3.8) is 0 Å². The highest BCUT2D eigenvalue weighted by Gasteiger charge is 2.30. The first kappa shape index (κ1) is 25.9. The lowest BCUT2D eigenvalue weighted by atomic mass is 9.99. The van der Waals surface area contributed by atoms with E-state index in [0.29, 0.717) is 40.7 Å². The van der Waals surface area contributed by atoms with Crippen LogP contribution >= 0.6 is 15.9 Å². The normalized spacial score (nSPS) is 12.5. The number of phenolic OH excluding ortho intramolecular Hbond substituents is 1. The van der Waals surface area contributed by atoms with E-state index in [1.54, 1.807) is 49.4 Å². The van der Waals surface area contributed by atoms with Gasteiger partial charge >= 0.3 is 6.09 Å². The molecular weight excluding hydrogens is 494 g/mol. The van der Waals surface area contributed by atoms with Crippen molar-refractivity contribution in [2.24, 2.45) is 0 Å². The zero-order valence-corrected chi connectivity index (χ0v) is 19.4. The molecule has 4 N–H and O–H groups in total. The number of hydrogen-bond donors (Lipinski definition) is 4. The van der Waals surface area contributed by atoms with E-state index in [2.05, 4.69) is 21.2 Å². The summed E-state index contributed by atoms with van der Waals surface area (Å²) in [4.78, 5) is 23.8. The van der Waals surface area contributed by atoms with Gasteiger partial charge in [0.1, 0.15) is 5.75 Å². The Balaban J connectivity index is 2.25. The second-order valence-electron chi connectivity index (χ2n) is 6.79. The lowest BCUT2D eigenvalue weighted by Gasteiger charge is -2.28. The van der Waals surface area contributed by atoms with Crippen molar-refractivity contribution >= 4 is 33.6 Å². The first-order chi connectivity index (χ1) is 15.9. The third-order valence-electron chi connectivity index (χ3n) is 4.51. The number of allylic oxidation sites excluding steroid dienone is 1. The predicted molar refractivity (Wildman–Crippen MR) is 124 cm³/mol. The SMILES string of the molecule is CCO[C@H](CC/C=C/C(=O)NO)[C@H](OC(=O)Nc1ccc(C#N)cc1)c1cc(Br)ccc1O. The molecule has 174 valence electrons. The molecule has 10 heteroatoms. The maximum absolute atomic E-state index is 12.7. The maximum atomic E-state index is 12.7. The quantitative estimate of drug-likeness (QED) is 0.205. The van der Waals surface area contributed by atoms with Crippen LogP contribution in [-0.4, -0.2) is 35.0 Å². The second-order valence-corrected chi connectivity index (χ2v) is 7.71. The highest BCUT2D eigenvalue weighted by molar-refractivity contribution is 9.10. The number of carbonyl (C=O) groups is 2. The van der Waals surface area contributed by atoms with Crippen LogP contribution in [0, 0.1) is 11.3 Å². The molecule has 0 fully saturated rings. The Hall–Kier alpha value is -3.39. The molecular formula is C23H24BrN3O6. The molecule has 2 aromatic carbocycles. The number of rotatable bonds is 10. The summed E-state index contributed by atoms with van der Waals surface area (Å²) in [6, 6.07) is 13.0. The minimum Gasteiger partial charge on any atom is -0.508 e. The van der Waals surface area contributed by atoms with Crippen LogP contribution < -0.4 is 10.8 Å². The number of amides is 2. The van der Waals surface area contributed by atoms with Gasteiger partial charge in [0, 0.05) is 28.4 Å². The van der Waals surface area contributed by atoms with E-state index in [1.165, 1.54) is 17.6 Å². The van der Waals surface area contributed by atoms with Crippen LogP contribution in [0.1, 0.15) is 37.0 Å². The topological polar surface area (TPSA) is 141 Å². The molecule has 0 aromatic heterocycles. The smallest absolute Gasteiger partial charge is 0.412 e. The molecule has 0 unspecified atom stereocenters. The van der Waals surface area contributed by atoms with Crippen molar-refractivity contribution in [3.8, 4) is 11.8 Å². The number of phenols is 1. The van der Waals surface area contributed by atoms with E-state index in [-0.39, 0.29) is 5.75 Å². The van der Waals surface area contributed by atoms with E-state index >= 15 is 0 Å². The average Bonchev–Trinajstić information content (AvgIpc) is 2.81. The van der Waals surface area contributed by atoms with E-state index < -0.39 is 24.2 Å². The van der Waals surface area contributed by atoms with Crippen LogP contribution in [-0.2, 0) is 14.3 Å². The molecule has 0 aliphatic carbocycles. The van der Waals surface area contributed by atoms with Crippen LogP contribution in [0.3, 0.4) is 0 Å². The summed E-state index contributed by atoms with van der Waals surface area (Å²) in [6.45, 7) is 2.11. The highest BCUT2D eigenvalue weighted by atomic mass is 79.9. The number of nitrogens with one attached hydrogen (secondary N) is 2. The molecule has 0 saturated heterocycles. The first-order valence-electron chi connectivity index (χ1n) is 10.1. The summed E-state index contributed by atoms with van der Waals surface area (Å²) in [5.74, 6) is -0.739. The van der Waals surface area contributed by atoms with Crippen molar-refractivity contribution in [1.82, 2.24) is 5.48 Å². The molecule has 0 bridgehead atoms. The zero-order valence-electron chi connectivity index (χ0n) is 17.8. The summed E-state index contributed by atoms with van der Waals surface area (Å²) in [6.07, 6.45) is 1.06. The second kappa shape index (κ2) is 13.2. The minimum atomic E-state index is -0.971. The average molecular weight is 518 g/mol. The van der Waals surface area contributed by atoms with Crippen molar-refractivity contribution in [1.29, 1.82) is 5.26 Å². The van der Waals surface area contributed by atoms with Gasteiger partial charge in [-0.05, 0) is 62.2 Å². The molecule has 0 aliphatic heterocycles. The van der Waals surface area contributed by atoms with Crippen LogP contribution in [0.15, 0.2) is 59.1 Å². The highest BCUT2D eigenvalue weighted by Crippen LogP contribution is 2.35. The molecule has 33 heavy (non-hydrogen) atoms. The van der Waals surface area contributed by atoms with Gasteiger partial charge in [0.25, 0.3) is 5.91 Å². The van der Waals surface area contributed by atoms with Crippen LogP contribution in [0.5, 0.6) is 5.75 Å². The predicted octanol–water partition coefficient (Wildman–Crippen LogP) is 4.56. The van der Waals surface area contributed by atoms with Gasteiger partial charge in [-0.1, -0.05) is 22.0 Å². The lowest BCUT2D eigenvalue weighted by molar-refractivity contribution is -0.124. The number of halogens is 1. The van der Waals surface area contributed by atoms with E-state index in [4.69, 9.17) is 19.9 Å². The molecule has 9 nitrogen and oxygen atoms in total. The fourth-order valence-electron chi connectivity index (χ4n) is 3.01. The van der Waals surface area contributed by atoms with E-state index in [1.807, 2.05) is 6.07 Å². The number of nitriles is 1. The number of benzene rings is 2. The Morgan fingerprint density at radius 2 is 1.97 bits per heavy atom. The van der Waals surface area contributed by atoms with Gasteiger partial charge in [-0.25, -0.2) is 10.3 Å². The zero-order chi connectivity index (χ0) is 24.2. The van der Waals surface area contributed by atoms with Crippen molar-refractivity contribution in [3.05, 3.63) is 70.2 Å². The number of hydrogen-bond acceptors (Lipinski definition) is 7. The molecule has 2 amide bonds. The van der Waals surface area contributed by atoms with Gasteiger partial charge in [0.05, 0.1) is 17.7 Å². The summed E-state index contributed by atoms with van der Waals surface area (Å²) < 4.78 is 12.2. The molecule has 2 atom stereocenters. The minimum absolute atomic E-state index is 0.0747. The number of hydroxylamine groups is 1. The summed E-state index contributed by atoms with van der Waals surface area (Å²) in [5.41, 5.74) is 2.73. The van der Waals surface area contributed by atoms with Crippen molar-refractivity contribution < 1.29 is 29.4 Å². The third kappa shape index (κ3) is 8.23. The molecule has 2 rings (SSSR count). The summed E-state index contributed by atoms with van der Waals surface area (Å²) >= 11 is 3.36. The summed E-state index contributed by atoms with van der Waals surface area (Å²) in [7, 11) is 0. The Bertz CT molecular complexity index is 1020. The van der Waals surface area contributed by atoms with E-state index in [0.717, 1.165) is 0 Å². The van der Waals surface area contributed by atoms with Crippen LogP contribution in [0.25, 0.3) is 0 Å². The van der Waals surface area contributed by atoms with Crippen LogP contribution in [0.2, 0.25) is 0 Å². The van der Waals surface area contributed by atoms with Crippen molar-refractivity contribution in [2.45, 2.75) is 32.0 Å². The molecule has 0 saturated carbocycles. The standard InChI is InChI=1S/C23H24BrN3O6/c1-2-32-20(5-3-4-6-21(29)27-31)22(18-13-16(24)9-12-19(18)28)33-23(30)26-17-10-7-15(14-25)8-11-17/h4,6-13,20,22,28,31H,2-3,5H2,1H3,(H,26,30)(H,27,29)/b6-4+/t20-,22-/m1/s1. The fraction of sp³-hybridized carbons (Fsp3) is 0.261. The Morgan fingerprint density at radius 3 is 2.61 bits per heavy atom. The number of ether oxygens (including phenoxy) is 2.